The first-order valence-corrected chi connectivity index (χ1v) is 6.31. The lowest BCUT2D eigenvalue weighted by molar-refractivity contribution is -0.135. The summed E-state index contributed by atoms with van der Waals surface area (Å²) in [6.45, 7) is 14.6. The number of nitrogens with zero attached hydrogens (tertiary/aromatic N) is 2. The van der Waals surface area contributed by atoms with Gasteiger partial charge in [0.1, 0.15) is 0 Å². The molecule has 0 spiro atoms. The number of hydrogen-bond donors (Lipinski definition) is 0. The van der Waals surface area contributed by atoms with E-state index in [0.717, 1.165) is 26.2 Å². The van der Waals surface area contributed by atoms with Crippen LogP contribution >= 0.6 is 0 Å². The molecule has 0 atom stereocenters. The van der Waals surface area contributed by atoms with Crippen LogP contribution in [0.1, 0.15) is 41.0 Å². The summed E-state index contributed by atoms with van der Waals surface area (Å²) in [5.41, 5.74) is 0.103. The van der Waals surface area contributed by atoms with Crippen LogP contribution in [0, 0.1) is 5.41 Å². The number of rotatable bonds is 2. The summed E-state index contributed by atoms with van der Waals surface area (Å²) in [5.74, 6) is 0.316. The molecular weight excluding hydrogens is 200 g/mol. The highest BCUT2D eigenvalue weighted by Crippen LogP contribution is 2.20. The minimum absolute atomic E-state index is 0.103. The molecule has 1 fully saturated rings. The van der Waals surface area contributed by atoms with Crippen molar-refractivity contribution in [3.63, 3.8) is 0 Å². The van der Waals surface area contributed by atoms with Crippen molar-refractivity contribution in [2.75, 3.05) is 26.2 Å². The molecule has 94 valence electrons. The second-order valence-electron chi connectivity index (χ2n) is 6.25. The molecule has 0 saturated carbocycles. The number of carbonyl (C=O) groups is 1. The van der Waals surface area contributed by atoms with E-state index in [2.05, 4.69) is 39.5 Å². The van der Waals surface area contributed by atoms with E-state index in [9.17, 15) is 4.79 Å². The summed E-state index contributed by atoms with van der Waals surface area (Å²) < 4.78 is 0. The zero-order valence-electron chi connectivity index (χ0n) is 11.4. The van der Waals surface area contributed by atoms with Crippen LogP contribution < -0.4 is 0 Å². The third-order valence-electron chi connectivity index (χ3n) is 3.08. The van der Waals surface area contributed by atoms with Gasteiger partial charge >= 0.3 is 0 Å². The SMILES string of the molecule is CC(C)N1CCN(C(=O)CC(C)(C)C)CC1. The third kappa shape index (κ3) is 4.12. The number of carbonyl (C=O) groups excluding carboxylic acids is 1. The van der Waals surface area contributed by atoms with Gasteiger partial charge in [0.15, 0.2) is 0 Å². The van der Waals surface area contributed by atoms with Gasteiger partial charge in [-0.05, 0) is 19.3 Å². The van der Waals surface area contributed by atoms with Crippen LogP contribution in [0.25, 0.3) is 0 Å². The van der Waals surface area contributed by atoms with Crippen molar-refractivity contribution in [3.05, 3.63) is 0 Å². The largest absolute Gasteiger partial charge is 0.340 e. The van der Waals surface area contributed by atoms with E-state index in [1.165, 1.54) is 0 Å². The quantitative estimate of drug-likeness (QED) is 0.719. The Morgan fingerprint density at radius 1 is 1.12 bits per heavy atom. The van der Waals surface area contributed by atoms with Crippen molar-refractivity contribution in [3.8, 4) is 0 Å². The maximum absolute atomic E-state index is 12.0. The van der Waals surface area contributed by atoms with Crippen LogP contribution in [0.3, 0.4) is 0 Å². The van der Waals surface area contributed by atoms with Gasteiger partial charge in [-0.25, -0.2) is 0 Å². The first-order chi connectivity index (χ1) is 7.29. The fraction of sp³-hybridized carbons (Fsp3) is 0.923. The molecule has 0 aromatic heterocycles. The van der Waals surface area contributed by atoms with Crippen molar-refractivity contribution >= 4 is 5.91 Å². The molecular formula is C13H26N2O. The lowest BCUT2D eigenvalue weighted by Gasteiger charge is -2.37. The van der Waals surface area contributed by atoms with E-state index in [4.69, 9.17) is 0 Å². The molecule has 1 saturated heterocycles. The maximum atomic E-state index is 12.0. The van der Waals surface area contributed by atoms with Crippen LogP contribution in [0.4, 0.5) is 0 Å². The first-order valence-electron chi connectivity index (χ1n) is 6.31. The van der Waals surface area contributed by atoms with Gasteiger partial charge in [-0.3, -0.25) is 9.69 Å². The normalized spacial score (nSPS) is 19.2. The van der Waals surface area contributed by atoms with Gasteiger partial charge in [-0.1, -0.05) is 20.8 Å². The molecule has 3 heteroatoms. The number of hydrogen-bond acceptors (Lipinski definition) is 2. The number of piperazine rings is 1. The molecule has 0 aliphatic carbocycles. The fourth-order valence-corrected chi connectivity index (χ4v) is 2.05. The zero-order valence-corrected chi connectivity index (χ0v) is 11.4. The van der Waals surface area contributed by atoms with Crippen molar-refractivity contribution in [2.24, 2.45) is 5.41 Å². The van der Waals surface area contributed by atoms with Crippen molar-refractivity contribution < 1.29 is 4.79 Å². The smallest absolute Gasteiger partial charge is 0.223 e. The second-order valence-corrected chi connectivity index (χ2v) is 6.25. The monoisotopic (exact) mass is 226 g/mol. The van der Waals surface area contributed by atoms with Crippen LogP contribution in [-0.2, 0) is 4.79 Å². The molecule has 0 aromatic rings. The highest BCUT2D eigenvalue weighted by Gasteiger charge is 2.25. The van der Waals surface area contributed by atoms with E-state index in [1.54, 1.807) is 0 Å². The summed E-state index contributed by atoms with van der Waals surface area (Å²) >= 11 is 0. The fourth-order valence-electron chi connectivity index (χ4n) is 2.05. The molecule has 3 nitrogen and oxygen atoms in total. The molecule has 0 aromatic carbocycles. The summed E-state index contributed by atoms with van der Waals surface area (Å²) in [7, 11) is 0. The van der Waals surface area contributed by atoms with Gasteiger partial charge in [0.25, 0.3) is 0 Å². The highest BCUT2D eigenvalue weighted by molar-refractivity contribution is 5.76. The van der Waals surface area contributed by atoms with Crippen molar-refractivity contribution in [1.82, 2.24) is 9.80 Å². The average molecular weight is 226 g/mol. The predicted octanol–water partition coefficient (Wildman–Crippen LogP) is 1.98. The first kappa shape index (κ1) is 13.5. The summed E-state index contributed by atoms with van der Waals surface area (Å²) in [4.78, 5) is 16.4. The van der Waals surface area contributed by atoms with Crippen LogP contribution in [0.15, 0.2) is 0 Å². The van der Waals surface area contributed by atoms with E-state index in [-0.39, 0.29) is 5.41 Å². The standard InChI is InChI=1S/C13H26N2O/c1-11(2)14-6-8-15(9-7-14)12(16)10-13(3,4)5/h11H,6-10H2,1-5H3. The Bertz CT molecular complexity index is 235. The Hall–Kier alpha value is -0.570. The highest BCUT2D eigenvalue weighted by atomic mass is 16.2. The molecule has 1 aliphatic heterocycles. The minimum atomic E-state index is 0.103. The third-order valence-corrected chi connectivity index (χ3v) is 3.08. The van der Waals surface area contributed by atoms with Gasteiger partial charge in [-0.2, -0.15) is 0 Å². The summed E-state index contributed by atoms with van der Waals surface area (Å²) in [6.07, 6.45) is 0.661. The summed E-state index contributed by atoms with van der Waals surface area (Å²) in [5, 5.41) is 0. The summed E-state index contributed by atoms with van der Waals surface area (Å²) in [6, 6.07) is 0.597. The molecule has 16 heavy (non-hydrogen) atoms. The molecule has 1 amide bonds. The second kappa shape index (κ2) is 5.17. The lowest BCUT2D eigenvalue weighted by Crippen LogP contribution is -2.51. The van der Waals surface area contributed by atoms with Gasteiger partial charge in [0.2, 0.25) is 5.91 Å². The predicted molar refractivity (Wildman–Crippen MR) is 67.4 cm³/mol. The molecule has 0 radical (unpaired) electrons. The van der Waals surface area contributed by atoms with E-state index in [0.29, 0.717) is 18.4 Å². The van der Waals surface area contributed by atoms with Gasteiger partial charge in [-0.15, -0.1) is 0 Å². The van der Waals surface area contributed by atoms with E-state index >= 15 is 0 Å². The molecule has 1 rings (SSSR count). The van der Waals surface area contributed by atoms with Crippen molar-refractivity contribution in [2.45, 2.75) is 47.1 Å². The van der Waals surface area contributed by atoms with Crippen LogP contribution in [0.2, 0.25) is 0 Å². The Labute approximate surface area is 99.8 Å². The Balaban J connectivity index is 2.39. The van der Waals surface area contributed by atoms with E-state index < -0.39 is 0 Å². The minimum Gasteiger partial charge on any atom is -0.340 e. The zero-order chi connectivity index (χ0) is 12.3. The molecule has 0 bridgehead atoms. The Morgan fingerprint density at radius 2 is 1.62 bits per heavy atom. The molecule has 1 heterocycles. The lowest BCUT2D eigenvalue weighted by atomic mass is 9.91. The molecule has 0 N–H and O–H groups in total. The topological polar surface area (TPSA) is 23.6 Å². The Kier molecular flexibility index (Phi) is 4.36. The van der Waals surface area contributed by atoms with Gasteiger partial charge in [0.05, 0.1) is 0 Å². The van der Waals surface area contributed by atoms with Gasteiger partial charge in [0, 0.05) is 38.6 Å². The average Bonchev–Trinajstić information content (AvgIpc) is 2.15. The number of amides is 1. The van der Waals surface area contributed by atoms with Crippen LogP contribution in [-0.4, -0.2) is 47.9 Å². The maximum Gasteiger partial charge on any atom is 0.223 e. The Morgan fingerprint density at radius 3 is 2.00 bits per heavy atom. The molecule has 1 aliphatic rings. The van der Waals surface area contributed by atoms with Crippen molar-refractivity contribution in [1.29, 1.82) is 0 Å². The molecule has 0 unspecified atom stereocenters. The van der Waals surface area contributed by atoms with E-state index in [1.807, 2.05) is 4.90 Å². The van der Waals surface area contributed by atoms with Crippen LogP contribution in [0.5, 0.6) is 0 Å². The van der Waals surface area contributed by atoms with Gasteiger partial charge < -0.3 is 4.90 Å².